The Kier molecular flexibility index (Phi) is 6.66. The first-order valence-corrected chi connectivity index (χ1v) is 4.89. The van der Waals surface area contributed by atoms with Crippen molar-refractivity contribution in [1.29, 1.82) is 0 Å². The lowest BCUT2D eigenvalue weighted by Crippen LogP contribution is -2.17. The Labute approximate surface area is 73.5 Å². The molecular formula is C8H17NOS. The van der Waals surface area contributed by atoms with Crippen LogP contribution in [0.25, 0.3) is 0 Å². The molecule has 3 heteroatoms. The third-order valence-corrected chi connectivity index (χ3v) is 2.33. The van der Waals surface area contributed by atoms with Crippen LogP contribution in [-0.4, -0.2) is 23.0 Å². The van der Waals surface area contributed by atoms with Crippen molar-refractivity contribution in [3.05, 3.63) is 0 Å². The quantitative estimate of drug-likeness (QED) is 0.456. The van der Waals surface area contributed by atoms with E-state index in [2.05, 4.69) is 25.1 Å². The Balaban J connectivity index is 3.43. The van der Waals surface area contributed by atoms with E-state index in [1.165, 1.54) is 11.9 Å². The van der Waals surface area contributed by atoms with Crippen molar-refractivity contribution in [3.8, 4) is 0 Å². The summed E-state index contributed by atoms with van der Waals surface area (Å²) < 4.78 is 2.08. The summed E-state index contributed by atoms with van der Waals surface area (Å²) in [5.41, 5.74) is 0.893. The molecular weight excluding hydrogens is 158 g/mol. The van der Waals surface area contributed by atoms with Crippen LogP contribution in [0.5, 0.6) is 0 Å². The van der Waals surface area contributed by atoms with Crippen LogP contribution in [-0.2, 0) is 4.79 Å². The van der Waals surface area contributed by atoms with E-state index in [1.54, 1.807) is 0 Å². The van der Waals surface area contributed by atoms with Crippen LogP contribution in [0.4, 0.5) is 0 Å². The zero-order valence-electron chi connectivity index (χ0n) is 7.54. The van der Waals surface area contributed by atoms with Crippen LogP contribution in [0.2, 0.25) is 0 Å². The van der Waals surface area contributed by atoms with Crippen LogP contribution in [0.1, 0.15) is 27.2 Å². The van der Waals surface area contributed by atoms with Crippen molar-refractivity contribution in [2.45, 2.75) is 27.2 Å². The Hall–Kier alpha value is -0.0200. The smallest absolute Gasteiger partial charge is 0.191 e. The van der Waals surface area contributed by atoms with Crippen molar-refractivity contribution in [2.75, 3.05) is 13.1 Å². The van der Waals surface area contributed by atoms with Crippen LogP contribution < -0.4 is 0 Å². The zero-order valence-corrected chi connectivity index (χ0v) is 8.36. The van der Waals surface area contributed by atoms with Crippen LogP contribution in [0.3, 0.4) is 0 Å². The third kappa shape index (κ3) is 6.38. The standard InChI is InChI=1S/C8H17NOS/c1-4-9(11-7-10)6-5-8(2)3/h7-8H,4-6H2,1-3H3. The number of carbonyl (C=O) groups is 1. The predicted molar refractivity (Wildman–Crippen MR) is 51.0 cm³/mol. The maximum atomic E-state index is 10.1. The topological polar surface area (TPSA) is 20.3 Å². The van der Waals surface area contributed by atoms with Gasteiger partial charge in [-0.2, -0.15) is 0 Å². The van der Waals surface area contributed by atoms with E-state index in [-0.39, 0.29) is 0 Å². The van der Waals surface area contributed by atoms with E-state index in [1.807, 2.05) is 0 Å². The second-order valence-corrected chi connectivity index (χ2v) is 3.83. The summed E-state index contributed by atoms with van der Waals surface area (Å²) in [4.78, 5) is 10.1. The molecule has 0 atom stereocenters. The molecule has 0 amide bonds. The molecule has 0 aliphatic heterocycles. The summed E-state index contributed by atoms with van der Waals surface area (Å²) in [6, 6.07) is 0. The highest BCUT2D eigenvalue weighted by Gasteiger charge is 2.02. The first-order chi connectivity index (χ1) is 5.20. The van der Waals surface area contributed by atoms with Gasteiger partial charge in [-0.1, -0.05) is 20.8 Å². The molecule has 11 heavy (non-hydrogen) atoms. The van der Waals surface area contributed by atoms with Gasteiger partial charge < -0.3 is 0 Å². The van der Waals surface area contributed by atoms with Gasteiger partial charge in [0.15, 0.2) is 5.62 Å². The molecule has 0 N–H and O–H groups in total. The molecule has 0 unspecified atom stereocenters. The average molecular weight is 175 g/mol. The minimum Gasteiger partial charge on any atom is -0.290 e. The maximum Gasteiger partial charge on any atom is 0.191 e. The summed E-state index contributed by atoms with van der Waals surface area (Å²) in [5.74, 6) is 0.719. The molecule has 0 saturated carbocycles. The molecule has 0 heterocycles. The Morgan fingerprint density at radius 2 is 2.18 bits per heavy atom. The van der Waals surface area contributed by atoms with E-state index >= 15 is 0 Å². The van der Waals surface area contributed by atoms with Gasteiger partial charge in [0.25, 0.3) is 0 Å². The maximum absolute atomic E-state index is 10.1. The Morgan fingerprint density at radius 1 is 1.55 bits per heavy atom. The minimum absolute atomic E-state index is 0.719. The molecule has 0 aromatic heterocycles. The molecule has 0 aliphatic carbocycles. The number of nitrogens with zero attached hydrogens (tertiary/aromatic N) is 1. The molecule has 0 saturated heterocycles. The summed E-state index contributed by atoms with van der Waals surface area (Å²) in [5, 5.41) is 0. The van der Waals surface area contributed by atoms with Gasteiger partial charge in [0.05, 0.1) is 0 Å². The molecule has 0 aromatic rings. The fourth-order valence-electron chi connectivity index (χ4n) is 0.748. The molecule has 0 spiro atoms. The number of rotatable bonds is 6. The molecule has 0 rings (SSSR count). The average Bonchev–Trinajstić information content (AvgIpc) is 1.97. The first-order valence-electron chi connectivity index (χ1n) is 4.06. The van der Waals surface area contributed by atoms with E-state index in [0.29, 0.717) is 0 Å². The normalized spacial score (nSPS) is 11.0. The lowest BCUT2D eigenvalue weighted by Gasteiger charge is -2.16. The van der Waals surface area contributed by atoms with E-state index < -0.39 is 0 Å². The van der Waals surface area contributed by atoms with Gasteiger partial charge in [-0.3, -0.25) is 4.79 Å². The van der Waals surface area contributed by atoms with Crippen molar-refractivity contribution < 1.29 is 4.79 Å². The molecule has 0 radical (unpaired) electrons. The minimum atomic E-state index is 0.719. The van der Waals surface area contributed by atoms with Gasteiger partial charge in [0.2, 0.25) is 0 Å². The zero-order chi connectivity index (χ0) is 8.69. The second-order valence-electron chi connectivity index (χ2n) is 2.91. The summed E-state index contributed by atoms with van der Waals surface area (Å²) in [6.07, 6.45) is 1.16. The molecule has 0 bridgehead atoms. The van der Waals surface area contributed by atoms with Gasteiger partial charge in [-0.25, -0.2) is 4.31 Å². The van der Waals surface area contributed by atoms with Crippen molar-refractivity contribution in [3.63, 3.8) is 0 Å². The van der Waals surface area contributed by atoms with E-state index in [4.69, 9.17) is 0 Å². The highest BCUT2D eigenvalue weighted by atomic mass is 32.2. The summed E-state index contributed by atoms with van der Waals surface area (Å²) in [6.45, 7) is 8.41. The fourth-order valence-corrected chi connectivity index (χ4v) is 1.23. The largest absolute Gasteiger partial charge is 0.290 e. The highest BCUT2D eigenvalue weighted by Crippen LogP contribution is 2.09. The van der Waals surface area contributed by atoms with E-state index in [0.717, 1.165) is 31.0 Å². The van der Waals surface area contributed by atoms with Crippen LogP contribution >= 0.6 is 11.9 Å². The van der Waals surface area contributed by atoms with Gasteiger partial charge in [-0.05, 0) is 24.3 Å². The van der Waals surface area contributed by atoms with Crippen LogP contribution in [0.15, 0.2) is 0 Å². The second kappa shape index (κ2) is 6.68. The Morgan fingerprint density at radius 3 is 2.55 bits per heavy atom. The summed E-state index contributed by atoms with van der Waals surface area (Å²) in [7, 11) is 0. The molecule has 0 fully saturated rings. The van der Waals surface area contributed by atoms with Crippen molar-refractivity contribution in [1.82, 2.24) is 4.31 Å². The SMILES string of the molecule is CCN(CCC(C)C)SC=O. The molecule has 66 valence electrons. The fraction of sp³-hybridized carbons (Fsp3) is 0.875. The Bertz CT molecular complexity index is 106. The van der Waals surface area contributed by atoms with E-state index in [9.17, 15) is 4.79 Å². The highest BCUT2D eigenvalue weighted by molar-refractivity contribution is 8.09. The van der Waals surface area contributed by atoms with Gasteiger partial charge in [0, 0.05) is 13.1 Å². The number of hydrogen-bond donors (Lipinski definition) is 0. The van der Waals surface area contributed by atoms with Gasteiger partial charge in [-0.15, -0.1) is 0 Å². The number of carbonyl (C=O) groups excluding carboxylic acids is 1. The molecule has 0 aliphatic rings. The van der Waals surface area contributed by atoms with Gasteiger partial charge >= 0.3 is 0 Å². The first kappa shape index (κ1) is 11.0. The van der Waals surface area contributed by atoms with Crippen LogP contribution in [0, 0.1) is 5.92 Å². The lowest BCUT2D eigenvalue weighted by molar-refractivity contribution is 0.436. The predicted octanol–water partition coefficient (Wildman–Crippen LogP) is 2.19. The third-order valence-electron chi connectivity index (χ3n) is 1.50. The van der Waals surface area contributed by atoms with Gasteiger partial charge in [0.1, 0.15) is 0 Å². The number of hydrogen-bond acceptors (Lipinski definition) is 3. The lowest BCUT2D eigenvalue weighted by atomic mass is 10.1. The molecule has 0 aromatic carbocycles. The summed E-state index contributed by atoms with van der Waals surface area (Å²) >= 11 is 1.27. The molecule has 2 nitrogen and oxygen atoms in total. The van der Waals surface area contributed by atoms with Crippen molar-refractivity contribution >= 4 is 17.6 Å². The van der Waals surface area contributed by atoms with Crippen molar-refractivity contribution in [2.24, 2.45) is 5.92 Å². The monoisotopic (exact) mass is 175 g/mol.